The summed E-state index contributed by atoms with van der Waals surface area (Å²) >= 11 is 3.27. The van der Waals surface area contributed by atoms with Crippen molar-refractivity contribution in [3.05, 3.63) is 40.5 Å². The van der Waals surface area contributed by atoms with Crippen molar-refractivity contribution in [2.75, 3.05) is 5.43 Å². The summed E-state index contributed by atoms with van der Waals surface area (Å²) in [6.07, 6.45) is 1.52. The molecular formula is C11H8BrN5O. The number of halogens is 1. The van der Waals surface area contributed by atoms with Gasteiger partial charge in [-0.05, 0) is 34.1 Å². The molecule has 0 aliphatic rings. The van der Waals surface area contributed by atoms with Crippen LogP contribution in [0.25, 0.3) is 0 Å². The first-order valence-corrected chi connectivity index (χ1v) is 5.69. The normalized spacial score (nSPS) is 9.61. The standard InChI is InChI=1S/C11H8BrN5O/c12-9-6-15-11(17-14)16-10(9)18-8-3-1-2-7(4-8)5-13/h1-4,6H,14H2,(H,15,16,17). The molecule has 6 nitrogen and oxygen atoms in total. The Morgan fingerprint density at radius 3 is 3.00 bits per heavy atom. The van der Waals surface area contributed by atoms with Gasteiger partial charge in [-0.3, -0.25) is 5.43 Å². The van der Waals surface area contributed by atoms with Crippen LogP contribution >= 0.6 is 15.9 Å². The maximum atomic E-state index is 8.80. The van der Waals surface area contributed by atoms with Gasteiger partial charge in [-0.1, -0.05) is 6.07 Å². The summed E-state index contributed by atoms with van der Waals surface area (Å²) < 4.78 is 6.14. The number of nitrogens with one attached hydrogen (secondary N) is 1. The van der Waals surface area contributed by atoms with E-state index in [1.165, 1.54) is 6.20 Å². The number of hydrogen-bond donors (Lipinski definition) is 2. The molecule has 7 heteroatoms. The highest BCUT2D eigenvalue weighted by Gasteiger charge is 2.07. The van der Waals surface area contributed by atoms with E-state index in [1.807, 2.05) is 6.07 Å². The van der Waals surface area contributed by atoms with E-state index < -0.39 is 0 Å². The molecule has 1 aromatic heterocycles. The maximum Gasteiger partial charge on any atom is 0.240 e. The number of benzene rings is 1. The average Bonchev–Trinajstić information content (AvgIpc) is 2.41. The van der Waals surface area contributed by atoms with Crippen molar-refractivity contribution < 1.29 is 4.74 Å². The minimum atomic E-state index is 0.240. The highest BCUT2D eigenvalue weighted by Crippen LogP contribution is 2.27. The lowest BCUT2D eigenvalue weighted by molar-refractivity contribution is 0.459. The van der Waals surface area contributed by atoms with Crippen molar-refractivity contribution in [1.29, 1.82) is 5.26 Å². The van der Waals surface area contributed by atoms with Crippen LogP contribution in [-0.4, -0.2) is 9.97 Å². The smallest absolute Gasteiger partial charge is 0.240 e. The first-order chi connectivity index (χ1) is 8.72. The highest BCUT2D eigenvalue weighted by molar-refractivity contribution is 9.10. The van der Waals surface area contributed by atoms with Crippen LogP contribution in [-0.2, 0) is 0 Å². The molecule has 1 heterocycles. The quantitative estimate of drug-likeness (QED) is 0.666. The molecule has 0 fully saturated rings. The molecule has 0 amide bonds. The van der Waals surface area contributed by atoms with Crippen LogP contribution in [0.1, 0.15) is 5.56 Å². The second-order valence-electron chi connectivity index (χ2n) is 3.23. The molecule has 0 saturated carbocycles. The van der Waals surface area contributed by atoms with Crippen LogP contribution < -0.4 is 16.0 Å². The molecule has 0 unspecified atom stereocenters. The van der Waals surface area contributed by atoms with Crippen molar-refractivity contribution in [3.63, 3.8) is 0 Å². The number of nitrogens with two attached hydrogens (primary N) is 1. The Bertz CT molecular complexity index is 611. The van der Waals surface area contributed by atoms with Gasteiger partial charge < -0.3 is 4.74 Å². The number of hydrazine groups is 1. The summed E-state index contributed by atoms with van der Waals surface area (Å²) in [6, 6.07) is 8.79. The van der Waals surface area contributed by atoms with E-state index in [4.69, 9.17) is 15.8 Å². The van der Waals surface area contributed by atoms with E-state index in [0.29, 0.717) is 21.7 Å². The summed E-state index contributed by atoms with van der Waals surface area (Å²) in [4.78, 5) is 7.95. The second kappa shape index (κ2) is 5.44. The van der Waals surface area contributed by atoms with E-state index in [9.17, 15) is 0 Å². The highest BCUT2D eigenvalue weighted by atomic mass is 79.9. The molecule has 0 spiro atoms. The Morgan fingerprint density at radius 1 is 1.44 bits per heavy atom. The SMILES string of the molecule is N#Cc1cccc(Oc2nc(NN)ncc2Br)c1. The van der Waals surface area contributed by atoms with Crippen LogP contribution in [0.15, 0.2) is 34.9 Å². The Kier molecular flexibility index (Phi) is 3.72. The molecular weight excluding hydrogens is 298 g/mol. The zero-order chi connectivity index (χ0) is 13.0. The lowest BCUT2D eigenvalue weighted by atomic mass is 10.2. The van der Waals surface area contributed by atoms with E-state index in [-0.39, 0.29) is 5.95 Å². The van der Waals surface area contributed by atoms with Crippen molar-refractivity contribution >= 4 is 21.9 Å². The van der Waals surface area contributed by atoms with Crippen LogP contribution in [0.3, 0.4) is 0 Å². The molecule has 3 N–H and O–H groups in total. The summed E-state index contributed by atoms with van der Waals surface area (Å²) in [7, 11) is 0. The van der Waals surface area contributed by atoms with Gasteiger partial charge in [0.15, 0.2) is 0 Å². The van der Waals surface area contributed by atoms with Gasteiger partial charge in [0.25, 0.3) is 0 Å². The lowest BCUT2D eigenvalue weighted by Gasteiger charge is -2.07. The van der Waals surface area contributed by atoms with Gasteiger partial charge in [-0.15, -0.1) is 0 Å². The third-order valence-corrected chi connectivity index (χ3v) is 2.56. The fourth-order valence-electron chi connectivity index (χ4n) is 1.23. The van der Waals surface area contributed by atoms with Crippen LogP contribution in [0.4, 0.5) is 5.95 Å². The Labute approximate surface area is 112 Å². The van der Waals surface area contributed by atoms with Crippen LogP contribution in [0.2, 0.25) is 0 Å². The minimum absolute atomic E-state index is 0.240. The Morgan fingerprint density at radius 2 is 2.28 bits per heavy atom. The van der Waals surface area contributed by atoms with Gasteiger partial charge in [0.1, 0.15) is 5.75 Å². The summed E-state index contributed by atoms with van der Waals surface area (Å²) in [6.45, 7) is 0. The van der Waals surface area contributed by atoms with Gasteiger partial charge in [0.2, 0.25) is 11.8 Å². The second-order valence-corrected chi connectivity index (χ2v) is 4.09. The number of aromatic nitrogens is 2. The zero-order valence-electron chi connectivity index (χ0n) is 9.09. The van der Waals surface area contributed by atoms with Crippen molar-refractivity contribution in [2.24, 2.45) is 5.84 Å². The van der Waals surface area contributed by atoms with E-state index in [0.717, 1.165) is 0 Å². The zero-order valence-corrected chi connectivity index (χ0v) is 10.7. The molecule has 18 heavy (non-hydrogen) atoms. The number of nitrogens with zero attached hydrogens (tertiary/aromatic N) is 3. The third kappa shape index (κ3) is 2.74. The average molecular weight is 306 g/mol. The lowest BCUT2D eigenvalue weighted by Crippen LogP contribution is -2.10. The number of nitriles is 1. The van der Waals surface area contributed by atoms with Crippen molar-refractivity contribution in [1.82, 2.24) is 9.97 Å². The molecule has 0 atom stereocenters. The van der Waals surface area contributed by atoms with E-state index in [1.54, 1.807) is 24.3 Å². The number of hydrogen-bond acceptors (Lipinski definition) is 6. The topological polar surface area (TPSA) is 96.8 Å². The van der Waals surface area contributed by atoms with Gasteiger partial charge in [0, 0.05) is 0 Å². The number of anilines is 1. The van der Waals surface area contributed by atoms with Gasteiger partial charge >= 0.3 is 0 Å². The number of rotatable bonds is 3. The molecule has 0 bridgehead atoms. The molecule has 2 rings (SSSR count). The molecule has 0 radical (unpaired) electrons. The summed E-state index contributed by atoms with van der Waals surface area (Å²) in [5.74, 6) is 6.28. The molecule has 0 aliphatic heterocycles. The molecule has 2 aromatic rings. The molecule has 90 valence electrons. The van der Waals surface area contributed by atoms with Gasteiger partial charge in [0.05, 0.1) is 22.3 Å². The van der Waals surface area contributed by atoms with Crippen molar-refractivity contribution in [2.45, 2.75) is 0 Å². The fraction of sp³-hybridized carbons (Fsp3) is 0. The predicted octanol–water partition coefficient (Wildman–Crippen LogP) is 2.19. The Balaban J connectivity index is 2.30. The predicted molar refractivity (Wildman–Crippen MR) is 68.8 cm³/mol. The summed E-state index contributed by atoms with van der Waals surface area (Å²) in [5.41, 5.74) is 2.84. The maximum absolute atomic E-state index is 8.80. The Hall–Kier alpha value is -2.17. The molecule has 1 aromatic carbocycles. The third-order valence-electron chi connectivity index (χ3n) is 2.02. The first-order valence-electron chi connectivity index (χ1n) is 4.90. The monoisotopic (exact) mass is 305 g/mol. The first kappa shape index (κ1) is 12.3. The largest absolute Gasteiger partial charge is 0.438 e. The van der Waals surface area contributed by atoms with E-state index >= 15 is 0 Å². The van der Waals surface area contributed by atoms with Gasteiger partial charge in [-0.25, -0.2) is 10.8 Å². The van der Waals surface area contributed by atoms with Crippen LogP contribution in [0.5, 0.6) is 11.6 Å². The van der Waals surface area contributed by atoms with Crippen LogP contribution in [0, 0.1) is 11.3 Å². The van der Waals surface area contributed by atoms with Gasteiger partial charge in [-0.2, -0.15) is 10.2 Å². The van der Waals surface area contributed by atoms with Crippen molar-refractivity contribution in [3.8, 4) is 17.7 Å². The fourth-order valence-corrected chi connectivity index (χ4v) is 1.51. The summed E-state index contributed by atoms with van der Waals surface area (Å²) in [5, 5.41) is 8.80. The number of nitrogen functional groups attached to an aromatic ring is 1. The van der Waals surface area contributed by atoms with E-state index in [2.05, 4.69) is 31.3 Å². The molecule has 0 aliphatic carbocycles. The number of ether oxygens (including phenoxy) is 1. The minimum Gasteiger partial charge on any atom is -0.438 e. The molecule has 0 saturated heterocycles.